The van der Waals surface area contributed by atoms with Crippen LogP contribution in [0.15, 0.2) is 48.5 Å². The summed E-state index contributed by atoms with van der Waals surface area (Å²) < 4.78 is 5.43. The lowest BCUT2D eigenvalue weighted by Crippen LogP contribution is -2.39. The molecule has 0 saturated carbocycles. The standard InChI is InChI=1S/C26H30N4OS/c1-3-31-26-10-9-25(28-29-26)23-15-20(8-7-18(23)2)27-24-6-4-5-19-16-30(13-11-22(19)24)21-12-14-32-17-21/h4-10,15,21,27H,3,11-14,16-17H2,1-2H3/t21-/m0/s1. The molecule has 166 valence electrons. The molecule has 2 aromatic carbocycles. The molecule has 2 aliphatic heterocycles. The highest BCUT2D eigenvalue weighted by atomic mass is 32.2. The van der Waals surface area contributed by atoms with Gasteiger partial charge in [-0.1, -0.05) is 18.2 Å². The summed E-state index contributed by atoms with van der Waals surface area (Å²) in [5, 5.41) is 12.3. The van der Waals surface area contributed by atoms with Gasteiger partial charge in [0.25, 0.3) is 0 Å². The predicted molar refractivity (Wildman–Crippen MR) is 133 cm³/mol. The van der Waals surface area contributed by atoms with Crippen molar-refractivity contribution in [3.05, 3.63) is 65.2 Å². The lowest BCUT2D eigenvalue weighted by molar-refractivity contribution is 0.195. The maximum absolute atomic E-state index is 5.43. The first kappa shape index (κ1) is 21.3. The molecule has 5 nitrogen and oxygen atoms in total. The van der Waals surface area contributed by atoms with E-state index in [-0.39, 0.29) is 0 Å². The van der Waals surface area contributed by atoms with Gasteiger partial charge in [-0.3, -0.25) is 4.90 Å². The van der Waals surface area contributed by atoms with Crippen LogP contribution in [0.2, 0.25) is 0 Å². The van der Waals surface area contributed by atoms with Gasteiger partial charge in [-0.05, 0) is 73.4 Å². The van der Waals surface area contributed by atoms with Crippen molar-refractivity contribution in [2.45, 2.75) is 39.3 Å². The molecule has 1 aromatic heterocycles. The van der Waals surface area contributed by atoms with Crippen molar-refractivity contribution in [3.8, 4) is 17.1 Å². The Morgan fingerprint density at radius 3 is 2.88 bits per heavy atom. The van der Waals surface area contributed by atoms with Gasteiger partial charge in [0, 0.05) is 47.9 Å². The lowest BCUT2D eigenvalue weighted by atomic mass is 9.96. The molecule has 0 aliphatic carbocycles. The molecule has 0 bridgehead atoms. The Labute approximate surface area is 194 Å². The lowest BCUT2D eigenvalue weighted by Gasteiger charge is -2.34. The Kier molecular flexibility index (Phi) is 6.32. The zero-order valence-electron chi connectivity index (χ0n) is 18.8. The Morgan fingerprint density at radius 1 is 1.16 bits per heavy atom. The Morgan fingerprint density at radius 2 is 2.09 bits per heavy atom. The minimum absolute atomic E-state index is 0.560. The van der Waals surface area contributed by atoms with Gasteiger partial charge in [-0.25, -0.2) is 0 Å². The van der Waals surface area contributed by atoms with E-state index in [1.807, 2.05) is 19.1 Å². The summed E-state index contributed by atoms with van der Waals surface area (Å²) in [6.07, 6.45) is 2.43. The highest BCUT2D eigenvalue weighted by Gasteiger charge is 2.27. The monoisotopic (exact) mass is 446 g/mol. The van der Waals surface area contributed by atoms with Crippen LogP contribution in [-0.2, 0) is 13.0 Å². The molecule has 0 spiro atoms. The normalized spacial score (nSPS) is 18.4. The van der Waals surface area contributed by atoms with Crippen LogP contribution in [0, 0.1) is 6.92 Å². The molecule has 32 heavy (non-hydrogen) atoms. The highest BCUT2D eigenvalue weighted by molar-refractivity contribution is 7.99. The highest BCUT2D eigenvalue weighted by Crippen LogP contribution is 2.33. The van der Waals surface area contributed by atoms with Crippen molar-refractivity contribution in [1.29, 1.82) is 0 Å². The summed E-state index contributed by atoms with van der Waals surface area (Å²) >= 11 is 2.10. The molecule has 3 aromatic rings. The van der Waals surface area contributed by atoms with Gasteiger partial charge in [0.15, 0.2) is 0 Å². The summed E-state index contributed by atoms with van der Waals surface area (Å²) in [6, 6.07) is 17.7. The number of hydrogen-bond donors (Lipinski definition) is 1. The Balaban J connectivity index is 1.37. The maximum Gasteiger partial charge on any atom is 0.233 e. The molecule has 1 N–H and O–H groups in total. The molecule has 1 atom stereocenters. The zero-order valence-corrected chi connectivity index (χ0v) is 19.6. The third-order valence-electron chi connectivity index (χ3n) is 6.44. The van der Waals surface area contributed by atoms with Crippen LogP contribution in [0.3, 0.4) is 0 Å². The third-order valence-corrected chi connectivity index (χ3v) is 7.59. The SMILES string of the molecule is CCOc1ccc(-c2cc(Nc3cccc4c3CCN([C@H]3CCSC3)C4)ccc2C)nn1. The van der Waals surface area contributed by atoms with Crippen molar-refractivity contribution in [2.75, 3.05) is 30.0 Å². The number of aromatic nitrogens is 2. The molecule has 3 heterocycles. The number of nitrogens with one attached hydrogen (secondary N) is 1. The summed E-state index contributed by atoms with van der Waals surface area (Å²) in [7, 11) is 0. The Bertz CT molecular complexity index is 1080. The number of hydrogen-bond acceptors (Lipinski definition) is 6. The molecular weight excluding hydrogens is 416 g/mol. The number of nitrogens with zero attached hydrogens (tertiary/aromatic N) is 3. The number of benzene rings is 2. The second-order valence-electron chi connectivity index (χ2n) is 8.53. The number of aryl methyl sites for hydroxylation is 1. The largest absolute Gasteiger partial charge is 0.477 e. The number of fused-ring (bicyclic) bond motifs is 1. The average molecular weight is 447 g/mol. The van der Waals surface area contributed by atoms with E-state index in [0.29, 0.717) is 12.5 Å². The second-order valence-corrected chi connectivity index (χ2v) is 9.68. The molecule has 1 fully saturated rings. The fraction of sp³-hybridized carbons (Fsp3) is 0.385. The van der Waals surface area contributed by atoms with Gasteiger partial charge in [-0.15, -0.1) is 10.2 Å². The second kappa shape index (κ2) is 9.51. The fourth-order valence-electron chi connectivity index (χ4n) is 4.69. The summed E-state index contributed by atoms with van der Waals surface area (Å²) in [5.74, 6) is 3.15. The van der Waals surface area contributed by atoms with E-state index in [4.69, 9.17) is 4.74 Å². The molecule has 5 rings (SSSR count). The van der Waals surface area contributed by atoms with Crippen molar-refractivity contribution < 1.29 is 4.74 Å². The summed E-state index contributed by atoms with van der Waals surface area (Å²) in [6.45, 7) is 6.86. The third kappa shape index (κ3) is 4.48. The molecular formula is C26H30N4OS. The summed E-state index contributed by atoms with van der Waals surface area (Å²) in [4.78, 5) is 2.68. The predicted octanol–water partition coefficient (Wildman–Crippen LogP) is 5.46. The first-order valence-electron chi connectivity index (χ1n) is 11.5. The van der Waals surface area contributed by atoms with E-state index in [0.717, 1.165) is 42.5 Å². The van der Waals surface area contributed by atoms with Crippen LogP contribution in [-0.4, -0.2) is 45.8 Å². The quantitative estimate of drug-likeness (QED) is 0.543. The van der Waals surface area contributed by atoms with Crippen molar-refractivity contribution in [2.24, 2.45) is 0 Å². The van der Waals surface area contributed by atoms with Gasteiger partial charge in [0.2, 0.25) is 5.88 Å². The smallest absolute Gasteiger partial charge is 0.233 e. The van der Waals surface area contributed by atoms with Gasteiger partial charge in [-0.2, -0.15) is 11.8 Å². The minimum atomic E-state index is 0.560. The topological polar surface area (TPSA) is 50.3 Å². The first-order valence-corrected chi connectivity index (χ1v) is 12.6. The fourth-order valence-corrected chi connectivity index (χ4v) is 5.94. The van der Waals surface area contributed by atoms with E-state index < -0.39 is 0 Å². The molecule has 2 aliphatic rings. The van der Waals surface area contributed by atoms with Crippen LogP contribution >= 0.6 is 11.8 Å². The van der Waals surface area contributed by atoms with E-state index in [1.54, 1.807) is 0 Å². The van der Waals surface area contributed by atoms with Crippen LogP contribution in [0.5, 0.6) is 5.88 Å². The zero-order chi connectivity index (χ0) is 21.9. The van der Waals surface area contributed by atoms with Crippen molar-refractivity contribution in [3.63, 3.8) is 0 Å². The van der Waals surface area contributed by atoms with E-state index in [9.17, 15) is 0 Å². The molecule has 6 heteroatoms. The molecule has 0 radical (unpaired) electrons. The van der Waals surface area contributed by atoms with Gasteiger partial charge in [0.05, 0.1) is 12.3 Å². The van der Waals surface area contributed by atoms with E-state index in [1.165, 1.54) is 40.3 Å². The maximum atomic E-state index is 5.43. The van der Waals surface area contributed by atoms with Crippen molar-refractivity contribution >= 4 is 23.1 Å². The van der Waals surface area contributed by atoms with Gasteiger partial charge < -0.3 is 10.1 Å². The molecule has 1 saturated heterocycles. The first-order chi connectivity index (χ1) is 15.7. The van der Waals surface area contributed by atoms with Gasteiger partial charge in [0.1, 0.15) is 0 Å². The van der Waals surface area contributed by atoms with Crippen molar-refractivity contribution in [1.82, 2.24) is 15.1 Å². The van der Waals surface area contributed by atoms with Gasteiger partial charge >= 0.3 is 0 Å². The Hall–Kier alpha value is -2.57. The number of rotatable bonds is 6. The van der Waals surface area contributed by atoms with E-state index in [2.05, 4.69) is 75.5 Å². The number of ether oxygens (including phenoxy) is 1. The molecule has 0 unspecified atom stereocenters. The number of anilines is 2. The van der Waals surface area contributed by atoms with Crippen LogP contribution in [0.4, 0.5) is 11.4 Å². The van der Waals surface area contributed by atoms with Crippen LogP contribution in [0.1, 0.15) is 30.0 Å². The minimum Gasteiger partial charge on any atom is -0.477 e. The average Bonchev–Trinajstić information content (AvgIpc) is 3.36. The van der Waals surface area contributed by atoms with E-state index >= 15 is 0 Å². The van der Waals surface area contributed by atoms with Crippen LogP contribution < -0.4 is 10.1 Å². The van der Waals surface area contributed by atoms with Crippen LogP contribution in [0.25, 0.3) is 11.3 Å². The molecule has 0 amide bonds. The number of thioether (sulfide) groups is 1. The summed E-state index contributed by atoms with van der Waals surface area (Å²) in [5.41, 5.74) is 8.32.